The van der Waals surface area contributed by atoms with E-state index in [0.717, 1.165) is 11.9 Å². The maximum absolute atomic E-state index is 12.9. The Labute approximate surface area is 192 Å². The Bertz CT molecular complexity index is 1160. The van der Waals surface area contributed by atoms with E-state index in [1.807, 2.05) is 6.20 Å². The van der Waals surface area contributed by atoms with Crippen molar-refractivity contribution in [2.45, 2.75) is 19.8 Å². The molecular weight excluding hydrogens is 422 g/mol. The van der Waals surface area contributed by atoms with E-state index in [1.54, 1.807) is 17.0 Å². The van der Waals surface area contributed by atoms with Crippen LogP contribution in [0.15, 0.2) is 36.5 Å². The Morgan fingerprint density at radius 2 is 1.85 bits per heavy atom. The minimum absolute atomic E-state index is 0.00364. The first kappa shape index (κ1) is 22.5. The third kappa shape index (κ3) is 4.60. The van der Waals surface area contributed by atoms with Crippen LogP contribution in [-0.4, -0.2) is 56.1 Å². The number of nitrogens with one attached hydrogen (secondary N) is 2. The number of hydrogen-bond acceptors (Lipinski definition) is 5. The number of rotatable bonds is 8. The molecule has 4 rings (SSSR count). The zero-order chi connectivity index (χ0) is 23.5. The predicted octanol–water partition coefficient (Wildman–Crippen LogP) is 3.53. The number of anilines is 1. The highest BCUT2D eigenvalue weighted by atomic mass is 16.5. The average molecular weight is 452 g/mol. The molecule has 1 aromatic heterocycles. The Morgan fingerprint density at radius 1 is 1.12 bits per heavy atom. The van der Waals surface area contributed by atoms with Crippen molar-refractivity contribution in [2.24, 2.45) is 5.92 Å². The third-order valence-electron chi connectivity index (χ3n) is 6.09. The van der Waals surface area contributed by atoms with Crippen LogP contribution >= 0.6 is 0 Å². The molecule has 8 heteroatoms. The summed E-state index contributed by atoms with van der Waals surface area (Å²) in [6, 6.07) is 9.64. The molecule has 1 aliphatic heterocycles. The smallest absolute Gasteiger partial charge is 0.229 e. The van der Waals surface area contributed by atoms with Crippen LogP contribution in [0.2, 0.25) is 0 Å². The van der Waals surface area contributed by atoms with Crippen LogP contribution in [0, 0.1) is 12.8 Å². The van der Waals surface area contributed by atoms with E-state index >= 15 is 0 Å². The van der Waals surface area contributed by atoms with E-state index in [9.17, 15) is 9.59 Å². The van der Waals surface area contributed by atoms with Crippen molar-refractivity contribution in [3.63, 3.8) is 0 Å². The zero-order valence-electron chi connectivity index (χ0n) is 19.4. The molecule has 174 valence electrons. The van der Waals surface area contributed by atoms with Gasteiger partial charge in [0.25, 0.3) is 0 Å². The average Bonchev–Trinajstić information content (AvgIpc) is 3.39. The Hall–Kier alpha value is -3.68. The Morgan fingerprint density at radius 3 is 2.52 bits per heavy atom. The summed E-state index contributed by atoms with van der Waals surface area (Å²) in [6.45, 7) is 3.04. The van der Waals surface area contributed by atoms with Gasteiger partial charge in [-0.2, -0.15) is 0 Å². The highest BCUT2D eigenvalue weighted by molar-refractivity contribution is 5.97. The number of aromatic amines is 1. The van der Waals surface area contributed by atoms with Gasteiger partial charge in [0.2, 0.25) is 17.6 Å². The van der Waals surface area contributed by atoms with Gasteiger partial charge in [-0.15, -0.1) is 0 Å². The Balaban J connectivity index is 1.40. The van der Waals surface area contributed by atoms with E-state index in [-0.39, 0.29) is 18.2 Å². The first-order valence-corrected chi connectivity index (χ1v) is 10.9. The second-order valence-electron chi connectivity index (χ2n) is 8.26. The number of nitrogens with zero attached hydrogens (tertiary/aromatic N) is 1. The van der Waals surface area contributed by atoms with Gasteiger partial charge in [-0.1, -0.05) is 11.6 Å². The molecule has 0 bridgehead atoms. The van der Waals surface area contributed by atoms with Crippen LogP contribution in [0.4, 0.5) is 5.69 Å². The Kier molecular flexibility index (Phi) is 6.44. The predicted molar refractivity (Wildman–Crippen MR) is 126 cm³/mol. The molecule has 0 spiro atoms. The molecule has 0 saturated carbocycles. The lowest BCUT2D eigenvalue weighted by Crippen LogP contribution is -2.30. The molecule has 0 radical (unpaired) electrons. The number of ether oxygens (including phenoxy) is 3. The zero-order valence-corrected chi connectivity index (χ0v) is 19.4. The highest BCUT2D eigenvalue weighted by Crippen LogP contribution is 2.40. The maximum Gasteiger partial charge on any atom is 0.229 e. The summed E-state index contributed by atoms with van der Waals surface area (Å²) in [4.78, 5) is 30.5. The first-order chi connectivity index (χ1) is 15.9. The topological polar surface area (TPSA) is 92.9 Å². The number of carbonyl (C=O) groups excluding carboxylic acids is 2. The molecule has 2 aromatic carbocycles. The number of hydrogen-bond donors (Lipinski definition) is 2. The largest absolute Gasteiger partial charge is 0.493 e. The number of benzene rings is 2. The van der Waals surface area contributed by atoms with E-state index in [0.29, 0.717) is 36.0 Å². The summed E-state index contributed by atoms with van der Waals surface area (Å²) in [7, 11) is 4.56. The van der Waals surface area contributed by atoms with Crippen molar-refractivity contribution in [3.05, 3.63) is 47.7 Å². The van der Waals surface area contributed by atoms with Gasteiger partial charge in [-0.05, 0) is 31.0 Å². The number of fused-ring (bicyclic) bond motifs is 1. The minimum atomic E-state index is -0.415. The number of methoxy groups -OCH3 is 3. The molecule has 1 fully saturated rings. The van der Waals surface area contributed by atoms with Crippen molar-refractivity contribution >= 4 is 28.4 Å². The van der Waals surface area contributed by atoms with Gasteiger partial charge in [-0.3, -0.25) is 9.59 Å². The van der Waals surface area contributed by atoms with E-state index in [1.165, 1.54) is 37.8 Å². The lowest BCUT2D eigenvalue weighted by molar-refractivity contribution is -0.128. The van der Waals surface area contributed by atoms with Gasteiger partial charge in [0.1, 0.15) is 0 Å². The number of aromatic nitrogens is 1. The number of carbonyl (C=O) groups is 2. The van der Waals surface area contributed by atoms with Gasteiger partial charge in [0.05, 0.1) is 27.2 Å². The van der Waals surface area contributed by atoms with E-state index < -0.39 is 5.92 Å². The summed E-state index contributed by atoms with van der Waals surface area (Å²) in [5, 5.41) is 4.07. The molecular formula is C25H29N3O5. The fourth-order valence-corrected chi connectivity index (χ4v) is 4.32. The van der Waals surface area contributed by atoms with Crippen LogP contribution in [0.25, 0.3) is 10.9 Å². The maximum atomic E-state index is 12.9. The number of likely N-dealkylation sites (tertiary alicyclic amines) is 1. The van der Waals surface area contributed by atoms with E-state index in [2.05, 4.69) is 35.4 Å². The quantitative estimate of drug-likeness (QED) is 0.547. The summed E-state index contributed by atoms with van der Waals surface area (Å²) >= 11 is 0. The molecule has 1 saturated heterocycles. The molecule has 8 nitrogen and oxygen atoms in total. The highest BCUT2D eigenvalue weighted by Gasteiger charge is 2.34. The van der Waals surface area contributed by atoms with Crippen molar-refractivity contribution in [3.8, 4) is 17.2 Å². The van der Waals surface area contributed by atoms with E-state index in [4.69, 9.17) is 14.2 Å². The van der Waals surface area contributed by atoms with Crippen LogP contribution in [-0.2, 0) is 16.0 Å². The first-order valence-electron chi connectivity index (χ1n) is 10.9. The standard InChI is InChI=1S/C25H29N3O5/c1-15-5-6-20-19(9-15)16(13-26-20)7-8-28-14-17(10-23(28)29)25(30)27-18-11-21(31-2)24(33-4)22(12-18)32-3/h5-6,9,11-13,17,26H,7-8,10,14H2,1-4H3,(H,27,30)/t17-/m1/s1. The molecule has 0 aliphatic carbocycles. The minimum Gasteiger partial charge on any atom is -0.493 e. The van der Waals surface area contributed by atoms with Crippen LogP contribution in [0.1, 0.15) is 17.5 Å². The summed E-state index contributed by atoms with van der Waals surface area (Å²) < 4.78 is 16.0. The molecule has 2 heterocycles. The monoisotopic (exact) mass is 451 g/mol. The molecule has 2 N–H and O–H groups in total. The lowest BCUT2D eigenvalue weighted by atomic mass is 10.1. The molecule has 33 heavy (non-hydrogen) atoms. The molecule has 0 unspecified atom stereocenters. The summed E-state index contributed by atoms with van der Waals surface area (Å²) in [5.74, 6) is 0.726. The van der Waals surface area contributed by atoms with Crippen molar-refractivity contribution in [1.29, 1.82) is 0 Å². The SMILES string of the molecule is COc1cc(NC(=O)[C@@H]2CC(=O)N(CCc3c[nH]c4ccc(C)cc34)C2)cc(OC)c1OC. The second kappa shape index (κ2) is 9.44. The van der Waals surface area contributed by atoms with Crippen molar-refractivity contribution < 1.29 is 23.8 Å². The fourth-order valence-electron chi connectivity index (χ4n) is 4.32. The lowest BCUT2D eigenvalue weighted by Gasteiger charge is -2.17. The molecule has 2 amide bonds. The van der Waals surface area contributed by atoms with Gasteiger partial charge < -0.3 is 29.4 Å². The fraction of sp³-hybridized carbons (Fsp3) is 0.360. The van der Waals surface area contributed by atoms with Crippen LogP contribution in [0.5, 0.6) is 17.2 Å². The third-order valence-corrected chi connectivity index (χ3v) is 6.09. The molecule has 3 aromatic rings. The van der Waals surface area contributed by atoms with Crippen molar-refractivity contribution in [2.75, 3.05) is 39.7 Å². The van der Waals surface area contributed by atoms with Crippen LogP contribution < -0.4 is 19.5 Å². The van der Waals surface area contributed by atoms with Crippen LogP contribution in [0.3, 0.4) is 0 Å². The number of H-pyrrole nitrogens is 1. The molecule has 1 aliphatic rings. The summed E-state index contributed by atoms with van der Waals surface area (Å²) in [6.07, 6.45) is 2.93. The number of aryl methyl sites for hydroxylation is 1. The van der Waals surface area contributed by atoms with Crippen molar-refractivity contribution in [1.82, 2.24) is 9.88 Å². The van der Waals surface area contributed by atoms with Gasteiger partial charge in [0.15, 0.2) is 11.5 Å². The normalized spacial score (nSPS) is 15.7. The van der Waals surface area contributed by atoms with Gasteiger partial charge in [0, 0.05) is 54.4 Å². The molecule has 1 atom stereocenters. The van der Waals surface area contributed by atoms with Gasteiger partial charge >= 0.3 is 0 Å². The second-order valence-corrected chi connectivity index (χ2v) is 8.26. The van der Waals surface area contributed by atoms with Gasteiger partial charge in [-0.25, -0.2) is 0 Å². The number of amides is 2. The summed E-state index contributed by atoms with van der Waals surface area (Å²) in [5.41, 5.74) is 3.98.